The molecule has 8 heteroatoms. The maximum atomic E-state index is 14.9. The second kappa shape index (κ2) is 16.3. The molecule has 3 rings (SSSR count). The smallest absolute Gasteiger partial charge is 0.348 e. The molecule has 1 aromatic heterocycles. The highest BCUT2D eigenvalue weighted by molar-refractivity contribution is 5.81. The lowest BCUT2D eigenvalue weighted by molar-refractivity contribution is -0.147. The molecule has 0 amide bonds. The van der Waals surface area contributed by atoms with Gasteiger partial charge in [0.15, 0.2) is 12.0 Å². The Morgan fingerprint density at radius 2 is 1.52 bits per heavy atom. The Kier molecular flexibility index (Phi) is 12.8. The van der Waals surface area contributed by atoms with E-state index in [9.17, 15) is 18.0 Å². The summed E-state index contributed by atoms with van der Waals surface area (Å²) in [4.78, 5) is 21.2. The lowest BCUT2D eigenvalue weighted by Crippen LogP contribution is -2.34. The highest BCUT2D eigenvalue weighted by Gasteiger charge is 2.34. The second-order valence-corrected chi connectivity index (χ2v) is 11.0. The molecule has 3 aromatic rings. The van der Waals surface area contributed by atoms with Crippen LogP contribution in [0.4, 0.5) is 13.2 Å². The first-order chi connectivity index (χ1) is 20.2. The number of esters is 1. The van der Waals surface area contributed by atoms with Crippen LogP contribution in [0.15, 0.2) is 60.9 Å². The van der Waals surface area contributed by atoms with Crippen LogP contribution in [0.3, 0.4) is 0 Å². The summed E-state index contributed by atoms with van der Waals surface area (Å²) in [7, 11) is 0. The summed E-state index contributed by atoms with van der Waals surface area (Å²) >= 11 is 0. The summed E-state index contributed by atoms with van der Waals surface area (Å²) < 4.78 is 54.6. The van der Waals surface area contributed by atoms with Gasteiger partial charge in [-0.25, -0.2) is 27.9 Å². The molecule has 0 fully saturated rings. The van der Waals surface area contributed by atoms with Crippen molar-refractivity contribution in [3.05, 3.63) is 60.9 Å². The predicted octanol–water partition coefficient (Wildman–Crippen LogP) is 9.44. The van der Waals surface area contributed by atoms with Gasteiger partial charge in [0.2, 0.25) is 5.67 Å². The van der Waals surface area contributed by atoms with E-state index in [1.165, 1.54) is 20.3 Å². The van der Waals surface area contributed by atoms with Crippen LogP contribution in [0.25, 0.3) is 22.5 Å². The summed E-state index contributed by atoms with van der Waals surface area (Å²) in [6.45, 7) is 6.41. The van der Waals surface area contributed by atoms with E-state index < -0.39 is 30.1 Å². The normalized spacial score (nSPS) is 14.9. The quantitative estimate of drug-likeness (QED) is 0.0898. The number of unbranched alkanes of at least 4 members (excludes halogenated alkanes) is 5. The lowest BCUT2D eigenvalue weighted by Gasteiger charge is -2.24. The fraction of sp³-hybridized carbons (Fsp3) is 0.500. The van der Waals surface area contributed by atoms with Crippen LogP contribution in [0, 0.1) is 0 Å². The third-order valence-electron chi connectivity index (χ3n) is 7.24. The summed E-state index contributed by atoms with van der Waals surface area (Å²) in [6, 6.07) is 13.8. The van der Waals surface area contributed by atoms with Crippen LogP contribution in [-0.2, 0) is 4.79 Å². The number of rotatable bonds is 17. The van der Waals surface area contributed by atoms with Gasteiger partial charge in [0.1, 0.15) is 23.8 Å². The number of aromatic nitrogens is 2. The number of nitrogens with zero attached hydrogens (tertiary/aromatic N) is 2. The standard InChI is InChI=1S/C34H43F3N2O3/c1-5-7-8-9-10-11-16-30(31(36)24(3)35)42-29-15-13-12-14-28(29)32-38-22-26(23-39-32)25-17-19-27(20-18-25)41-33(40)34(4,37)21-6-2/h12-15,17-20,22-24,30-31H,5-11,16,21H2,1-4H3. The molecule has 4 unspecified atom stereocenters. The minimum Gasteiger partial charge on any atom is -0.487 e. The zero-order chi connectivity index (χ0) is 30.5. The molecule has 42 heavy (non-hydrogen) atoms. The van der Waals surface area contributed by atoms with E-state index in [0.717, 1.165) is 37.7 Å². The topological polar surface area (TPSA) is 61.3 Å². The van der Waals surface area contributed by atoms with Crippen LogP contribution in [0.1, 0.15) is 85.5 Å². The van der Waals surface area contributed by atoms with Crippen molar-refractivity contribution in [3.63, 3.8) is 0 Å². The monoisotopic (exact) mass is 584 g/mol. The molecule has 0 bridgehead atoms. The van der Waals surface area contributed by atoms with Crippen molar-refractivity contribution in [2.75, 3.05) is 0 Å². The Hall–Kier alpha value is -3.42. The van der Waals surface area contributed by atoms with Gasteiger partial charge in [0, 0.05) is 18.0 Å². The van der Waals surface area contributed by atoms with Crippen LogP contribution in [0.5, 0.6) is 11.5 Å². The Labute approximate surface area is 247 Å². The van der Waals surface area contributed by atoms with Gasteiger partial charge in [-0.3, -0.25) is 0 Å². The summed E-state index contributed by atoms with van der Waals surface area (Å²) in [6.07, 6.45) is 6.29. The van der Waals surface area contributed by atoms with Gasteiger partial charge in [0.05, 0.1) is 5.56 Å². The number of carbonyl (C=O) groups excluding carboxylic acids is 1. The number of halogens is 3. The molecule has 2 aromatic carbocycles. The number of alkyl halides is 3. The largest absolute Gasteiger partial charge is 0.487 e. The van der Waals surface area contributed by atoms with Crippen molar-refractivity contribution < 1.29 is 27.4 Å². The zero-order valence-electron chi connectivity index (χ0n) is 25.1. The van der Waals surface area contributed by atoms with Gasteiger partial charge in [-0.2, -0.15) is 0 Å². The molecule has 4 atom stereocenters. The van der Waals surface area contributed by atoms with E-state index in [1.807, 2.05) is 6.07 Å². The van der Waals surface area contributed by atoms with Crippen molar-refractivity contribution in [3.8, 4) is 34.0 Å². The first kappa shape index (κ1) is 33.1. The zero-order valence-corrected chi connectivity index (χ0v) is 25.1. The van der Waals surface area contributed by atoms with Crippen LogP contribution >= 0.6 is 0 Å². The third-order valence-corrected chi connectivity index (χ3v) is 7.24. The Balaban J connectivity index is 1.71. The van der Waals surface area contributed by atoms with Gasteiger partial charge in [-0.05, 0) is 62.9 Å². The lowest BCUT2D eigenvalue weighted by atomic mass is 10.0. The Morgan fingerprint density at radius 1 is 0.881 bits per heavy atom. The summed E-state index contributed by atoms with van der Waals surface area (Å²) in [5.74, 6) is 0.121. The minimum absolute atomic E-state index is 0.0882. The van der Waals surface area contributed by atoms with Crippen molar-refractivity contribution >= 4 is 5.97 Å². The minimum atomic E-state index is -2.04. The summed E-state index contributed by atoms with van der Waals surface area (Å²) in [5, 5.41) is 0. The van der Waals surface area contributed by atoms with Crippen LogP contribution in [-0.4, -0.2) is 40.1 Å². The highest BCUT2D eigenvalue weighted by Crippen LogP contribution is 2.32. The maximum absolute atomic E-state index is 14.9. The molecule has 5 nitrogen and oxygen atoms in total. The molecule has 0 aliphatic carbocycles. The Morgan fingerprint density at radius 3 is 2.17 bits per heavy atom. The fourth-order valence-corrected chi connectivity index (χ4v) is 4.74. The van der Waals surface area contributed by atoms with E-state index in [2.05, 4.69) is 16.9 Å². The third kappa shape index (κ3) is 9.57. The van der Waals surface area contributed by atoms with Crippen molar-refractivity contribution in [1.82, 2.24) is 9.97 Å². The second-order valence-electron chi connectivity index (χ2n) is 11.0. The van der Waals surface area contributed by atoms with Crippen molar-refractivity contribution in [1.29, 1.82) is 0 Å². The fourth-order valence-electron chi connectivity index (χ4n) is 4.74. The summed E-state index contributed by atoms with van der Waals surface area (Å²) in [5.41, 5.74) is 0.0333. The number of hydrogen-bond acceptors (Lipinski definition) is 5. The maximum Gasteiger partial charge on any atom is 0.348 e. The number of hydrogen-bond donors (Lipinski definition) is 0. The molecule has 0 aliphatic rings. The van der Waals surface area contributed by atoms with Crippen LogP contribution in [0.2, 0.25) is 0 Å². The van der Waals surface area contributed by atoms with E-state index in [1.54, 1.807) is 61.8 Å². The van der Waals surface area contributed by atoms with E-state index in [4.69, 9.17) is 9.47 Å². The molecule has 228 valence electrons. The first-order valence-corrected chi connectivity index (χ1v) is 15.0. The van der Waals surface area contributed by atoms with Gasteiger partial charge >= 0.3 is 5.97 Å². The van der Waals surface area contributed by atoms with Crippen LogP contribution < -0.4 is 9.47 Å². The SMILES string of the molecule is CCCCCCCCC(Oc1ccccc1-c1ncc(-c2ccc(OC(=O)C(C)(F)CCC)cc2)cn1)C(F)C(C)F. The van der Waals surface area contributed by atoms with Gasteiger partial charge in [-0.1, -0.05) is 76.6 Å². The number of benzene rings is 2. The number of para-hydroxylation sites is 1. The van der Waals surface area contributed by atoms with Gasteiger partial charge in [0.25, 0.3) is 0 Å². The van der Waals surface area contributed by atoms with E-state index >= 15 is 0 Å². The molecule has 0 aliphatic heterocycles. The molecule has 0 saturated carbocycles. The molecule has 1 heterocycles. The molecular formula is C34H43F3N2O3. The average molecular weight is 585 g/mol. The number of ether oxygens (including phenoxy) is 2. The number of carbonyl (C=O) groups is 1. The Bertz CT molecular complexity index is 1230. The molecule has 0 radical (unpaired) electrons. The van der Waals surface area contributed by atoms with Crippen molar-refractivity contribution in [2.24, 2.45) is 0 Å². The molecule has 0 N–H and O–H groups in total. The van der Waals surface area contributed by atoms with Gasteiger partial charge in [-0.15, -0.1) is 0 Å². The van der Waals surface area contributed by atoms with Crippen molar-refractivity contribution in [2.45, 2.75) is 110 Å². The molecule has 0 spiro atoms. The van der Waals surface area contributed by atoms with E-state index in [-0.39, 0.29) is 12.2 Å². The predicted molar refractivity (Wildman–Crippen MR) is 161 cm³/mol. The van der Waals surface area contributed by atoms with Gasteiger partial charge < -0.3 is 9.47 Å². The highest BCUT2D eigenvalue weighted by atomic mass is 19.2. The first-order valence-electron chi connectivity index (χ1n) is 15.0. The molecule has 0 saturated heterocycles. The molecular weight excluding hydrogens is 541 g/mol. The average Bonchev–Trinajstić information content (AvgIpc) is 2.98. The van der Waals surface area contributed by atoms with E-state index in [0.29, 0.717) is 35.5 Å².